The fourth-order valence-electron chi connectivity index (χ4n) is 0.848. The lowest BCUT2D eigenvalue weighted by Gasteiger charge is -2.04. The van der Waals surface area contributed by atoms with E-state index in [4.69, 9.17) is 5.73 Å². The maximum absolute atomic E-state index is 11.1. The smallest absolute Gasteiger partial charge is 0.312 e. The highest BCUT2D eigenvalue weighted by Crippen LogP contribution is 1.90. The number of primary amides is 1. The van der Waals surface area contributed by atoms with Gasteiger partial charge in [0.15, 0.2) is 0 Å². The van der Waals surface area contributed by atoms with Gasteiger partial charge in [0.2, 0.25) is 5.91 Å². The molecule has 0 spiro atoms. The van der Waals surface area contributed by atoms with Gasteiger partial charge in [-0.3, -0.25) is 4.79 Å². The van der Waals surface area contributed by atoms with Gasteiger partial charge < -0.3 is 21.2 Å². The number of nitrogens with zero attached hydrogens (tertiary/aromatic N) is 1. The van der Waals surface area contributed by atoms with Gasteiger partial charge in [-0.2, -0.15) is 0 Å². The summed E-state index contributed by atoms with van der Waals surface area (Å²) in [5, 5.41) is 13.6. The van der Waals surface area contributed by atoms with Gasteiger partial charge in [-0.15, -0.1) is 10.1 Å². The van der Waals surface area contributed by atoms with Gasteiger partial charge in [0, 0.05) is 19.5 Å². The van der Waals surface area contributed by atoms with Crippen LogP contribution in [0.25, 0.3) is 0 Å². The fraction of sp³-hybridized carbons (Fsp3) is 0.714. The third-order valence-electron chi connectivity index (χ3n) is 1.49. The van der Waals surface area contributed by atoms with E-state index in [-0.39, 0.29) is 38.4 Å². The van der Waals surface area contributed by atoms with Crippen molar-refractivity contribution in [2.45, 2.75) is 12.8 Å². The Morgan fingerprint density at radius 1 is 1.31 bits per heavy atom. The summed E-state index contributed by atoms with van der Waals surface area (Å²) in [5.41, 5.74) is 4.79. The van der Waals surface area contributed by atoms with Gasteiger partial charge in [-0.05, 0) is 6.42 Å². The number of rotatable bonds is 8. The number of nitrogens with one attached hydrogen (secondary N) is 2. The molecule has 0 fully saturated rings. The van der Waals surface area contributed by atoms with Crippen molar-refractivity contribution >= 4 is 11.9 Å². The molecule has 9 heteroatoms. The molecule has 0 aliphatic heterocycles. The van der Waals surface area contributed by atoms with Crippen molar-refractivity contribution in [2.75, 3.05) is 19.7 Å². The number of carbonyl (C=O) groups is 2. The molecular formula is C7H14N4O5. The summed E-state index contributed by atoms with van der Waals surface area (Å²) in [6, 6.07) is -0.659. The van der Waals surface area contributed by atoms with Crippen LogP contribution in [0.5, 0.6) is 0 Å². The van der Waals surface area contributed by atoms with E-state index in [1.54, 1.807) is 0 Å². The van der Waals surface area contributed by atoms with Crippen LogP contribution >= 0.6 is 0 Å². The van der Waals surface area contributed by atoms with Gasteiger partial charge in [-0.25, -0.2) is 4.79 Å². The molecule has 4 N–H and O–H groups in total. The number of carbonyl (C=O) groups excluding carboxylic acids is 2. The molecule has 9 nitrogen and oxygen atoms in total. The van der Waals surface area contributed by atoms with Crippen LogP contribution in [0.4, 0.5) is 4.79 Å². The average Bonchev–Trinajstić information content (AvgIpc) is 2.19. The molecule has 0 heterocycles. The lowest BCUT2D eigenvalue weighted by atomic mass is 10.3. The zero-order chi connectivity index (χ0) is 12.4. The van der Waals surface area contributed by atoms with Crippen molar-refractivity contribution in [3.63, 3.8) is 0 Å². The van der Waals surface area contributed by atoms with Crippen molar-refractivity contribution in [1.82, 2.24) is 10.6 Å². The van der Waals surface area contributed by atoms with E-state index >= 15 is 0 Å². The minimum atomic E-state index is -0.908. The van der Waals surface area contributed by atoms with Crippen LogP contribution in [-0.2, 0) is 9.63 Å². The molecule has 0 aliphatic rings. The predicted molar refractivity (Wildman–Crippen MR) is 52.8 cm³/mol. The Kier molecular flexibility index (Phi) is 7.20. The summed E-state index contributed by atoms with van der Waals surface area (Å²) in [5.74, 6) is -0.266. The van der Waals surface area contributed by atoms with Crippen molar-refractivity contribution in [3.8, 4) is 0 Å². The highest BCUT2D eigenvalue weighted by molar-refractivity contribution is 5.76. The minimum Gasteiger partial charge on any atom is -0.354 e. The van der Waals surface area contributed by atoms with Crippen LogP contribution in [0.15, 0.2) is 0 Å². The highest BCUT2D eigenvalue weighted by atomic mass is 16.9. The molecule has 0 aromatic heterocycles. The number of nitrogens with two attached hydrogens (primary N) is 1. The van der Waals surface area contributed by atoms with Gasteiger partial charge >= 0.3 is 6.03 Å². The second-order valence-corrected chi connectivity index (χ2v) is 2.80. The Hall–Kier alpha value is -2.06. The third kappa shape index (κ3) is 10.0. The summed E-state index contributed by atoms with van der Waals surface area (Å²) in [7, 11) is 0. The number of hydrogen-bond donors (Lipinski definition) is 3. The average molecular weight is 234 g/mol. The molecule has 0 atom stereocenters. The zero-order valence-corrected chi connectivity index (χ0v) is 8.60. The molecule has 0 saturated heterocycles. The van der Waals surface area contributed by atoms with Crippen molar-refractivity contribution < 1.29 is 19.5 Å². The second-order valence-electron chi connectivity index (χ2n) is 2.80. The molecule has 0 aliphatic carbocycles. The molecular weight excluding hydrogens is 220 g/mol. The Bertz CT molecular complexity index is 233. The molecule has 0 unspecified atom stereocenters. The minimum absolute atomic E-state index is 0.111. The Morgan fingerprint density at radius 2 is 1.94 bits per heavy atom. The standard InChI is InChI=1S/C7H14N4O5/c8-7(13)10-4-3-9-6(12)2-1-5-16-11(14)15/h1-5H2,(H,9,12)(H3,8,10,13). The fourth-order valence-corrected chi connectivity index (χ4v) is 0.848. The third-order valence-corrected chi connectivity index (χ3v) is 1.49. The quantitative estimate of drug-likeness (QED) is 0.274. The number of hydrogen-bond acceptors (Lipinski definition) is 5. The van der Waals surface area contributed by atoms with Crippen molar-refractivity contribution in [2.24, 2.45) is 5.73 Å². The summed E-state index contributed by atoms with van der Waals surface area (Å²) in [6.45, 7) is 0.393. The van der Waals surface area contributed by atoms with Crippen LogP contribution in [0, 0.1) is 10.1 Å². The van der Waals surface area contributed by atoms with E-state index in [0.29, 0.717) is 0 Å². The Balaban J connectivity index is 3.31. The van der Waals surface area contributed by atoms with Crippen molar-refractivity contribution in [3.05, 3.63) is 10.1 Å². The molecule has 3 amide bonds. The maximum Gasteiger partial charge on any atom is 0.312 e. The SMILES string of the molecule is NC(=O)NCCNC(=O)CCCO[N+](=O)[O-]. The zero-order valence-electron chi connectivity index (χ0n) is 8.60. The molecule has 16 heavy (non-hydrogen) atoms. The first kappa shape index (κ1) is 13.9. The molecule has 0 aromatic rings. The number of urea groups is 1. The summed E-state index contributed by atoms with van der Waals surface area (Å²) in [6.07, 6.45) is 0.389. The molecule has 0 saturated carbocycles. The van der Waals surface area contributed by atoms with Gasteiger partial charge in [0.25, 0.3) is 5.09 Å². The predicted octanol–water partition coefficient (Wildman–Crippen LogP) is -1.24. The number of amides is 3. The van der Waals surface area contributed by atoms with Crippen molar-refractivity contribution in [1.29, 1.82) is 0 Å². The van der Waals surface area contributed by atoms with E-state index in [2.05, 4.69) is 15.5 Å². The molecule has 0 aromatic carbocycles. The van der Waals surface area contributed by atoms with Crippen LogP contribution in [0.1, 0.15) is 12.8 Å². The molecule has 0 rings (SSSR count). The van der Waals surface area contributed by atoms with E-state index < -0.39 is 11.1 Å². The van der Waals surface area contributed by atoms with Crippen LogP contribution in [-0.4, -0.2) is 36.7 Å². The molecule has 0 radical (unpaired) electrons. The first-order valence-electron chi connectivity index (χ1n) is 4.59. The monoisotopic (exact) mass is 234 g/mol. The molecule has 92 valence electrons. The van der Waals surface area contributed by atoms with Gasteiger partial charge in [-0.1, -0.05) is 0 Å². The second kappa shape index (κ2) is 8.26. The topological polar surface area (TPSA) is 137 Å². The van der Waals surface area contributed by atoms with Crippen LogP contribution in [0.2, 0.25) is 0 Å². The van der Waals surface area contributed by atoms with E-state index in [9.17, 15) is 19.7 Å². The summed E-state index contributed by atoms with van der Waals surface area (Å²) in [4.78, 5) is 35.1. The van der Waals surface area contributed by atoms with E-state index in [1.165, 1.54) is 0 Å². The lowest BCUT2D eigenvalue weighted by Crippen LogP contribution is -2.37. The van der Waals surface area contributed by atoms with Gasteiger partial charge in [0.05, 0.1) is 6.61 Å². The summed E-state index contributed by atoms with van der Waals surface area (Å²) >= 11 is 0. The van der Waals surface area contributed by atoms with Crippen LogP contribution in [0.3, 0.4) is 0 Å². The van der Waals surface area contributed by atoms with E-state index in [0.717, 1.165) is 0 Å². The summed E-state index contributed by atoms with van der Waals surface area (Å²) < 4.78 is 0. The van der Waals surface area contributed by atoms with Crippen LogP contribution < -0.4 is 16.4 Å². The lowest BCUT2D eigenvalue weighted by molar-refractivity contribution is -0.757. The van der Waals surface area contributed by atoms with E-state index in [1.807, 2.05) is 0 Å². The largest absolute Gasteiger partial charge is 0.354 e. The maximum atomic E-state index is 11.1. The first-order valence-corrected chi connectivity index (χ1v) is 4.59. The first-order chi connectivity index (χ1) is 7.52. The molecule has 0 bridgehead atoms. The normalized spacial score (nSPS) is 9.25. The van der Waals surface area contributed by atoms with Gasteiger partial charge in [0.1, 0.15) is 0 Å². The Morgan fingerprint density at radius 3 is 2.50 bits per heavy atom. The Labute approximate surface area is 91.4 Å². The highest BCUT2D eigenvalue weighted by Gasteiger charge is 2.01.